The average molecular weight is 320 g/mol. The molecule has 0 fully saturated rings. The molecule has 0 amide bonds. The number of ether oxygens (including phenoxy) is 1. The summed E-state index contributed by atoms with van der Waals surface area (Å²) in [4.78, 5) is 11.6. The zero-order chi connectivity index (χ0) is 17.0. The third kappa shape index (κ3) is 3.56. The van der Waals surface area contributed by atoms with Crippen LogP contribution in [0.15, 0.2) is 48.5 Å². The Morgan fingerprint density at radius 1 is 1.04 bits per heavy atom. The number of esters is 1. The van der Waals surface area contributed by atoms with Crippen LogP contribution in [-0.2, 0) is 15.1 Å². The number of halogens is 2. The summed E-state index contributed by atoms with van der Waals surface area (Å²) in [5.41, 5.74) is -1.02. The normalized spacial score (nSPS) is 12.7. The summed E-state index contributed by atoms with van der Waals surface area (Å²) in [6.07, 6.45) is -0.779. The van der Waals surface area contributed by atoms with Crippen LogP contribution in [0, 0.1) is 11.6 Å². The van der Waals surface area contributed by atoms with Gasteiger partial charge in [-0.15, -0.1) is 0 Å². The maximum atomic E-state index is 13.2. The molecule has 0 aliphatic rings. The van der Waals surface area contributed by atoms with E-state index >= 15 is 0 Å². The van der Waals surface area contributed by atoms with Crippen molar-refractivity contribution in [1.82, 2.24) is 0 Å². The molecule has 1 unspecified atom stereocenters. The molecule has 2 aromatic rings. The second-order valence-electron chi connectivity index (χ2n) is 5.27. The number of hydrogen-bond donors (Lipinski definition) is 1. The summed E-state index contributed by atoms with van der Waals surface area (Å²) < 4.78 is 31.6. The standard InChI is InChI=1S/C18H18F2O3/c1-3-17(21)23-12(2)18(22,13-4-8-15(19)9-5-13)14-6-10-16(20)11-7-14/h4-12,22H,3H2,1-2H3. The molecule has 122 valence electrons. The number of aliphatic hydroxyl groups is 1. The molecular formula is C18H18F2O3. The Morgan fingerprint density at radius 2 is 1.43 bits per heavy atom. The van der Waals surface area contributed by atoms with Gasteiger partial charge in [0.1, 0.15) is 17.7 Å². The van der Waals surface area contributed by atoms with Crippen LogP contribution in [0.3, 0.4) is 0 Å². The molecule has 2 rings (SSSR count). The highest BCUT2D eigenvalue weighted by Crippen LogP contribution is 2.35. The maximum Gasteiger partial charge on any atom is 0.305 e. The minimum absolute atomic E-state index is 0.160. The maximum absolute atomic E-state index is 13.2. The largest absolute Gasteiger partial charge is 0.459 e. The van der Waals surface area contributed by atoms with Crippen LogP contribution in [-0.4, -0.2) is 17.2 Å². The summed E-state index contributed by atoms with van der Waals surface area (Å²) >= 11 is 0. The lowest BCUT2D eigenvalue weighted by molar-refractivity contribution is -0.159. The summed E-state index contributed by atoms with van der Waals surface area (Å²) in [6.45, 7) is 3.18. The fraction of sp³-hybridized carbons (Fsp3) is 0.278. The molecule has 2 aromatic carbocycles. The van der Waals surface area contributed by atoms with Gasteiger partial charge in [-0.05, 0) is 42.3 Å². The highest BCUT2D eigenvalue weighted by molar-refractivity contribution is 5.69. The Hall–Kier alpha value is -2.27. The molecule has 0 saturated heterocycles. The van der Waals surface area contributed by atoms with Crippen molar-refractivity contribution in [2.24, 2.45) is 0 Å². The molecular weight excluding hydrogens is 302 g/mol. The average Bonchev–Trinajstić information content (AvgIpc) is 2.55. The topological polar surface area (TPSA) is 46.5 Å². The van der Waals surface area contributed by atoms with Crippen LogP contribution in [0.1, 0.15) is 31.4 Å². The quantitative estimate of drug-likeness (QED) is 0.857. The van der Waals surface area contributed by atoms with Crippen LogP contribution in [0.25, 0.3) is 0 Å². The molecule has 0 heterocycles. The van der Waals surface area contributed by atoms with E-state index in [1.807, 2.05) is 0 Å². The van der Waals surface area contributed by atoms with E-state index in [0.717, 1.165) is 0 Å². The monoisotopic (exact) mass is 320 g/mol. The molecule has 0 aromatic heterocycles. The van der Waals surface area contributed by atoms with Crippen molar-refractivity contribution in [3.63, 3.8) is 0 Å². The van der Waals surface area contributed by atoms with Crippen LogP contribution < -0.4 is 0 Å². The van der Waals surface area contributed by atoms with Crippen LogP contribution in [0.5, 0.6) is 0 Å². The van der Waals surface area contributed by atoms with E-state index in [1.165, 1.54) is 48.5 Å². The predicted octanol–water partition coefficient (Wildman–Crippen LogP) is 3.54. The Kier molecular flexibility index (Phi) is 5.11. The lowest BCUT2D eigenvalue weighted by Crippen LogP contribution is -2.41. The van der Waals surface area contributed by atoms with Gasteiger partial charge >= 0.3 is 5.97 Å². The van der Waals surface area contributed by atoms with Gasteiger partial charge in [-0.25, -0.2) is 8.78 Å². The summed E-state index contributed by atoms with van der Waals surface area (Å²) in [5, 5.41) is 11.2. The van der Waals surface area contributed by atoms with Crippen molar-refractivity contribution in [3.05, 3.63) is 71.3 Å². The van der Waals surface area contributed by atoms with Crippen LogP contribution >= 0.6 is 0 Å². The van der Waals surface area contributed by atoms with Gasteiger partial charge < -0.3 is 9.84 Å². The molecule has 23 heavy (non-hydrogen) atoms. The lowest BCUT2D eigenvalue weighted by atomic mass is 9.82. The Balaban J connectivity index is 2.51. The fourth-order valence-electron chi connectivity index (χ4n) is 2.41. The van der Waals surface area contributed by atoms with Crippen molar-refractivity contribution in [2.45, 2.75) is 32.0 Å². The molecule has 0 aliphatic heterocycles. The van der Waals surface area contributed by atoms with Gasteiger partial charge in [0.05, 0.1) is 0 Å². The number of benzene rings is 2. The molecule has 0 aliphatic carbocycles. The highest BCUT2D eigenvalue weighted by Gasteiger charge is 2.40. The van der Waals surface area contributed by atoms with E-state index in [0.29, 0.717) is 11.1 Å². The number of rotatable bonds is 5. The first-order valence-corrected chi connectivity index (χ1v) is 7.31. The first kappa shape index (κ1) is 17.1. The summed E-state index contributed by atoms with van der Waals surface area (Å²) in [6, 6.07) is 10.5. The van der Waals surface area contributed by atoms with Gasteiger partial charge in [-0.1, -0.05) is 31.2 Å². The van der Waals surface area contributed by atoms with Gasteiger partial charge in [-0.3, -0.25) is 4.79 Å². The molecule has 0 bridgehead atoms. The smallest absolute Gasteiger partial charge is 0.305 e. The molecule has 5 heteroatoms. The molecule has 0 radical (unpaired) electrons. The molecule has 3 nitrogen and oxygen atoms in total. The van der Waals surface area contributed by atoms with Crippen molar-refractivity contribution in [2.75, 3.05) is 0 Å². The van der Waals surface area contributed by atoms with E-state index in [4.69, 9.17) is 4.74 Å². The predicted molar refractivity (Wildman–Crippen MR) is 81.6 cm³/mol. The zero-order valence-electron chi connectivity index (χ0n) is 12.9. The Labute approximate surface area is 133 Å². The number of hydrogen-bond acceptors (Lipinski definition) is 3. The Morgan fingerprint density at radius 3 is 1.78 bits per heavy atom. The van der Waals surface area contributed by atoms with Crippen molar-refractivity contribution in [1.29, 1.82) is 0 Å². The molecule has 1 atom stereocenters. The fourth-order valence-corrected chi connectivity index (χ4v) is 2.41. The highest BCUT2D eigenvalue weighted by atomic mass is 19.1. The Bertz CT molecular complexity index is 620. The zero-order valence-corrected chi connectivity index (χ0v) is 12.9. The second-order valence-corrected chi connectivity index (χ2v) is 5.27. The second kappa shape index (κ2) is 6.87. The third-order valence-electron chi connectivity index (χ3n) is 3.75. The van der Waals surface area contributed by atoms with E-state index in [1.54, 1.807) is 13.8 Å². The van der Waals surface area contributed by atoms with E-state index < -0.39 is 29.3 Å². The van der Waals surface area contributed by atoms with Gasteiger partial charge in [-0.2, -0.15) is 0 Å². The van der Waals surface area contributed by atoms with Gasteiger partial charge in [0.2, 0.25) is 0 Å². The van der Waals surface area contributed by atoms with Gasteiger partial charge in [0.15, 0.2) is 5.60 Å². The van der Waals surface area contributed by atoms with Crippen molar-refractivity contribution >= 4 is 5.97 Å². The first-order valence-electron chi connectivity index (χ1n) is 7.31. The summed E-state index contributed by atoms with van der Waals surface area (Å²) in [5.74, 6) is -1.37. The van der Waals surface area contributed by atoms with Crippen molar-refractivity contribution < 1.29 is 23.4 Å². The summed E-state index contributed by atoms with van der Waals surface area (Å²) in [7, 11) is 0. The van der Waals surface area contributed by atoms with Crippen LogP contribution in [0.2, 0.25) is 0 Å². The molecule has 0 spiro atoms. The van der Waals surface area contributed by atoms with Crippen molar-refractivity contribution in [3.8, 4) is 0 Å². The molecule has 1 N–H and O–H groups in total. The third-order valence-corrected chi connectivity index (χ3v) is 3.75. The minimum Gasteiger partial charge on any atom is -0.459 e. The van der Waals surface area contributed by atoms with Crippen LogP contribution in [0.4, 0.5) is 8.78 Å². The van der Waals surface area contributed by atoms with Gasteiger partial charge in [0.25, 0.3) is 0 Å². The number of carbonyl (C=O) groups is 1. The van der Waals surface area contributed by atoms with E-state index in [-0.39, 0.29) is 6.42 Å². The molecule has 0 saturated carbocycles. The SMILES string of the molecule is CCC(=O)OC(C)C(O)(c1ccc(F)cc1)c1ccc(F)cc1. The number of carbonyl (C=O) groups excluding carboxylic acids is 1. The van der Waals surface area contributed by atoms with E-state index in [2.05, 4.69) is 0 Å². The lowest BCUT2D eigenvalue weighted by Gasteiger charge is -2.34. The minimum atomic E-state index is -1.72. The van der Waals surface area contributed by atoms with E-state index in [9.17, 15) is 18.7 Å². The first-order chi connectivity index (χ1) is 10.9. The van der Waals surface area contributed by atoms with Gasteiger partial charge in [0, 0.05) is 6.42 Å².